The van der Waals surface area contributed by atoms with Crippen molar-refractivity contribution in [3.63, 3.8) is 0 Å². The molecule has 4 atom stereocenters. The Morgan fingerprint density at radius 3 is 2.51 bits per heavy atom. The molecule has 3 heterocycles. The summed E-state index contributed by atoms with van der Waals surface area (Å²) in [5.74, 6) is 2.04. The van der Waals surface area contributed by atoms with Gasteiger partial charge in [-0.2, -0.15) is 0 Å². The van der Waals surface area contributed by atoms with E-state index in [9.17, 15) is 18.6 Å². The fraction of sp³-hybridized carbons (Fsp3) is 0.564. The highest BCUT2D eigenvalue weighted by atomic mass is 32.2. The van der Waals surface area contributed by atoms with E-state index in [0.717, 1.165) is 108 Å². The number of amides is 2. The molecule has 2 unspecified atom stereocenters. The predicted molar refractivity (Wildman–Crippen MR) is 213 cm³/mol. The molecule has 3 aliphatic rings. The summed E-state index contributed by atoms with van der Waals surface area (Å²) in [6.07, 6.45) is 13.2. The van der Waals surface area contributed by atoms with E-state index in [1.54, 1.807) is 18.4 Å². The second-order valence-corrected chi connectivity index (χ2v) is 16.6. The molecule has 290 valence electrons. The van der Waals surface area contributed by atoms with Crippen molar-refractivity contribution in [3.8, 4) is 22.2 Å². The SMILES string of the molecule is C=CCCCCC[C@H](N)C=O.COc1ccc2c(O[C@@H]3CC(C(=O)NC4CC4)N(C)C3)cc(-c3nc(C(C)C)cs3)nc2c1C.O=CNS(=O)C1CC1. The van der Waals surface area contributed by atoms with Crippen LogP contribution in [0.5, 0.6) is 11.5 Å². The van der Waals surface area contributed by atoms with Crippen molar-refractivity contribution < 1.29 is 28.1 Å². The first-order chi connectivity index (χ1) is 25.5. The summed E-state index contributed by atoms with van der Waals surface area (Å²) in [5, 5.41) is 7.30. The number of hydrogen-bond acceptors (Lipinski definition) is 11. The van der Waals surface area contributed by atoms with E-state index < -0.39 is 11.0 Å². The monoisotopic (exact) mass is 768 g/mol. The number of aldehydes is 1. The van der Waals surface area contributed by atoms with Crippen LogP contribution >= 0.6 is 11.3 Å². The van der Waals surface area contributed by atoms with E-state index in [2.05, 4.69) is 40.7 Å². The number of rotatable bonds is 17. The van der Waals surface area contributed by atoms with Gasteiger partial charge in [-0.25, -0.2) is 14.2 Å². The molecule has 2 aromatic heterocycles. The summed E-state index contributed by atoms with van der Waals surface area (Å²) in [6.45, 7) is 10.6. The smallest absolute Gasteiger partial charge is 0.237 e. The Morgan fingerprint density at radius 2 is 1.91 bits per heavy atom. The van der Waals surface area contributed by atoms with E-state index in [1.165, 1.54) is 0 Å². The zero-order valence-corrected chi connectivity index (χ0v) is 33.3. The number of aromatic nitrogens is 2. The van der Waals surface area contributed by atoms with Crippen LogP contribution in [0, 0.1) is 6.92 Å². The second-order valence-electron chi connectivity index (χ2n) is 14.2. The highest BCUT2D eigenvalue weighted by Gasteiger charge is 2.38. The number of hydrogen-bond donors (Lipinski definition) is 3. The maximum Gasteiger partial charge on any atom is 0.237 e. The zero-order chi connectivity index (χ0) is 38.5. The molecule has 12 nitrogen and oxygen atoms in total. The van der Waals surface area contributed by atoms with Crippen LogP contribution in [0.3, 0.4) is 0 Å². The van der Waals surface area contributed by atoms with Gasteiger partial charge in [-0.3, -0.25) is 19.2 Å². The fourth-order valence-corrected chi connectivity index (χ4v) is 7.66. The lowest BCUT2D eigenvalue weighted by Crippen LogP contribution is -2.42. The van der Waals surface area contributed by atoms with Gasteiger partial charge >= 0.3 is 0 Å². The van der Waals surface area contributed by atoms with Crippen molar-refractivity contribution in [1.82, 2.24) is 24.9 Å². The minimum atomic E-state index is -1.08. The lowest BCUT2D eigenvalue weighted by molar-refractivity contribution is -0.125. The third kappa shape index (κ3) is 12.7. The van der Waals surface area contributed by atoms with Crippen LogP contribution in [0.4, 0.5) is 0 Å². The number of nitrogens with zero attached hydrogens (tertiary/aromatic N) is 3. The van der Waals surface area contributed by atoms with Gasteiger partial charge in [0, 0.05) is 41.4 Å². The number of ether oxygens (including phenoxy) is 2. The average molecular weight is 769 g/mol. The maximum absolute atomic E-state index is 12.7. The molecule has 1 saturated heterocycles. The Morgan fingerprint density at radius 1 is 1.15 bits per heavy atom. The van der Waals surface area contributed by atoms with E-state index >= 15 is 0 Å². The number of carbonyl (C=O) groups is 3. The Bertz CT molecular complexity index is 1710. The molecule has 4 N–H and O–H groups in total. The molecule has 1 aliphatic heterocycles. The highest BCUT2D eigenvalue weighted by Crippen LogP contribution is 2.37. The minimum Gasteiger partial charge on any atom is -0.496 e. The summed E-state index contributed by atoms with van der Waals surface area (Å²) in [5.41, 5.74) is 9.08. The molecule has 3 aromatic rings. The second kappa shape index (κ2) is 20.7. The van der Waals surface area contributed by atoms with Crippen LogP contribution in [0.25, 0.3) is 21.6 Å². The number of aryl methyl sites for hydroxylation is 1. The Hall–Kier alpha value is -3.72. The lowest BCUT2D eigenvalue weighted by atomic mass is 10.1. The van der Waals surface area contributed by atoms with Gasteiger partial charge in [-0.15, -0.1) is 17.9 Å². The summed E-state index contributed by atoms with van der Waals surface area (Å²) in [6, 6.07) is 5.91. The molecule has 0 spiro atoms. The molecule has 14 heteroatoms. The topological polar surface area (TPSA) is 166 Å². The molecular weight excluding hydrogens is 713 g/mol. The number of methoxy groups -OCH3 is 1. The van der Waals surface area contributed by atoms with Gasteiger partial charge in [0.15, 0.2) is 0 Å². The van der Waals surface area contributed by atoms with Crippen LogP contribution in [-0.4, -0.2) is 87.9 Å². The van der Waals surface area contributed by atoms with Crippen molar-refractivity contribution in [2.45, 2.75) is 120 Å². The van der Waals surface area contributed by atoms with Crippen LogP contribution in [0.2, 0.25) is 0 Å². The van der Waals surface area contributed by atoms with Crippen molar-refractivity contribution >= 4 is 51.8 Å². The number of benzene rings is 1. The van der Waals surface area contributed by atoms with Gasteiger partial charge in [0.1, 0.15) is 45.6 Å². The number of nitrogens with two attached hydrogens (primary N) is 1. The molecule has 2 aliphatic carbocycles. The first-order valence-electron chi connectivity index (χ1n) is 18.5. The highest BCUT2D eigenvalue weighted by molar-refractivity contribution is 7.84. The van der Waals surface area contributed by atoms with Gasteiger partial charge in [-0.05, 0) is 77.0 Å². The molecule has 53 heavy (non-hydrogen) atoms. The van der Waals surface area contributed by atoms with E-state index in [-0.39, 0.29) is 29.3 Å². The first-order valence-corrected chi connectivity index (χ1v) is 20.6. The van der Waals surface area contributed by atoms with Gasteiger partial charge in [0.2, 0.25) is 12.3 Å². The number of nitrogens with one attached hydrogen (secondary N) is 2. The van der Waals surface area contributed by atoms with Crippen molar-refractivity contribution in [3.05, 3.63) is 47.5 Å². The molecule has 6 rings (SSSR count). The maximum atomic E-state index is 12.7. The number of pyridine rings is 1. The van der Waals surface area contributed by atoms with E-state index in [4.69, 9.17) is 25.2 Å². The van der Waals surface area contributed by atoms with Gasteiger partial charge in [0.25, 0.3) is 0 Å². The molecule has 0 bridgehead atoms. The Labute approximate surface area is 320 Å². The van der Waals surface area contributed by atoms with Gasteiger partial charge < -0.3 is 25.3 Å². The van der Waals surface area contributed by atoms with Gasteiger partial charge in [0.05, 0.1) is 35.7 Å². The number of thiazole rings is 1. The largest absolute Gasteiger partial charge is 0.496 e. The number of allylic oxidation sites excluding steroid dienone is 1. The van der Waals surface area contributed by atoms with Crippen LogP contribution in [-0.2, 0) is 25.4 Å². The van der Waals surface area contributed by atoms with E-state index in [0.29, 0.717) is 31.3 Å². The number of unbranched alkanes of at least 4 members (excludes halogenated alkanes) is 3. The number of likely N-dealkylation sites (N-methyl/N-ethyl adjacent to an activating group) is 1. The number of carbonyl (C=O) groups excluding carboxylic acids is 3. The fourth-order valence-electron chi connectivity index (χ4n) is 5.86. The molecule has 2 amide bonds. The Kier molecular flexibility index (Phi) is 16.4. The summed E-state index contributed by atoms with van der Waals surface area (Å²) in [4.78, 5) is 44.3. The molecule has 1 aromatic carbocycles. The normalized spacial score (nSPS) is 19.2. The molecular formula is C39H56N6O6S2. The minimum absolute atomic E-state index is 0.0802. The third-order valence-electron chi connectivity index (χ3n) is 9.34. The quantitative estimate of drug-likeness (QED) is 0.0877. The zero-order valence-electron chi connectivity index (χ0n) is 31.7. The van der Waals surface area contributed by atoms with Crippen LogP contribution < -0.4 is 25.2 Å². The van der Waals surface area contributed by atoms with Crippen LogP contribution in [0.1, 0.15) is 95.2 Å². The number of fused-ring (bicyclic) bond motifs is 1. The van der Waals surface area contributed by atoms with Crippen molar-refractivity contribution in [2.24, 2.45) is 5.73 Å². The number of likely N-dealkylation sites (tertiary alicyclic amines) is 1. The molecule has 0 radical (unpaired) electrons. The third-order valence-corrected chi connectivity index (χ3v) is 11.6. The molecule has 2 saturated carbocycles. The van der Waals surface area contributed by atoms with E-state index in [1.807, 2.05) is 38.2 Å². The van der Waals surface area contributed by atoms with Crippen LogP contribution in [0.15, 0.2) is 36.2 Å². The summed E-state index contributed by atoms with van der Waals surface area (Å²) in [7, 11) is 2.59. The predicted octanol–water partition coefficient (Wildman–Crippen LogP) is 5.74. The lowest BCUT2D eigenvalue weighted by Gasteiger charge is -2.17. The van der Waals surface area contributed by atoms with Gasteiger partial charge in [-0.1, -0.05) is 32.8 Å². The van der Waals surface area contributed by atoms with Crippen molar-refractivity contribution in [2.75, 3.05) is 20.7 Å². The summed E-state index contributed by atoms with van der Waals surface area (Å²) >= 11 is 1.60. The van der Waals surface area contributed by atoms with Crippen molar-refractivity contribution in [1.29, 1.82) is 0 Å². The standard InChI is InChI=1S/C26H32N4O3S.C9H17NO.C4H7NO2S/c1-14(2)20-13-34-26(29-20)19-11-23(18-8-9-22(32-5)15(3)24(18)28-19)33-17-10-21(30(4)12-17)25(31)27-16-6-7-16;1-2-3-4-5-6-7-9(10)8-11;6-3-5-8(7)4-1-2-4/h8-9,11,13-14,16-17,21H,6-7,10,12H2,1-5H3,(H,27,31);2,8-9H,1,3-7,10H2;3-4H,1-2H2,(H,5,6)/t17-,21?;9-;/m10./s1. The first kappa shape index (κ1) is 42.0. The molecule has 3 fully saturated rings. The Balaban J connectivity index is 0.000000271. The average Bonchev–Trinajstić information content (AvgIpc) is 4.07. The summed E-state index contributed by atoms with van der Waals surface area (Å²) < 4.78 is 24.9.